The first-order valence-corrected chi connectivity index (χ1v) is 8.35. The van der Waals surface area contributed by atoms with E-state index in [1.54, 1.807) is 0 Å². The molecule has 72 valence electrons. The number of hydrogen-bond donors (Lipinski definition) is 0. The van der Waals surface area contributed by atoms with E-state index in [4.69, 9.17) is 34.8 Å². The van der Waals surface area contributed by atoms with Gasteiger partial charge in [-0.15, -0.1) is 0 Å². The van der Waals surface area contributed by atoms with Gasteiger partial charge >= 0.3 is 0 Å². The van der Waals surface area contributed by atoms with Crippen LogP contribution in [0.4, 0.5) is 0 Å². The van der Waals surface area contributed by atoms with Crippen LogP contribution in [0.1, 0.15) is 0 Å². The summed E-state index contributed by atoms with van der Waals surface area (Å²) < 4.78 is 0. The number of nitrogens with zero attached hydrogens (tertiary/aromatic N) is 2. The highest BCUT2D eigenvalue weighted by molar-refractivity contribution is 6.91. The van der Waals surface area contributed by atoms with Gasteiger partial charge in [0.05, 0.1) is 8.07 Å². The maximum atomic E-state index is 5.93. The van der Waals surface area contributed by atoms with Crippen LogP contribution in [-0.2, 0) is 0 Å². The van der Waals surface area contributed by atoms with E-state index in [0.29, 0.717) is 10.3 Å². The van der Waals surface area contributed by atoms with E-state index in [0.717, 1.165) is 5.19 Å². The standard InChI is InChI=1S/C7H9Cl3N2Si/c1-13(2,3)4-5(8)11-7(10)12-6(4)9/h1-3H3. The molecule has 0 saturated heterocycles. The van der Waals surface area contributed by atoms with Crippen LogP contribution in [-0.4, -0.2) is 18.0 Å². The fourth-order valence-corrected chi connectivity index (χ4v) is 4.70. The average molecular weight is 256 g/mol. The number of halogens is 3. The molecule has 0 amide bonds. The van der Waals surface area contributed by atoms with Crippen LogP contribution in [0.5, 0.6) is 0 Å². The molecule has 1 rings (SSSR count). The third-order valence-electron chi connectivity index (χ3n) is 1.54. The van der Waals surface area contributed by atoms with Crippen molar-refractivity contribution >= 4 is 48.1 Å². The molecule has 0 N–H and O–H groups in total. The van der Waals surface area contributed by atoms with Gasteiger partial charge in [-0.3, -0.25) is 0 Å². The molecule has 0 spiro atoms. The molecule has 0 fully saturated rings. The molecular weight excluding hydrogens is 247 g/mol. The van der Waals surface area contributed by atoms with Gasteiger partial charge in [-0.25, -0.2) is 9.97 Å². The summed E-state index contributed by atoms with van der Waals surface area (Å²) in [6.07, 6.45) is 0. The summed E-state index contributed by atoms with van der Waals surface area (Å²) in [6.45, 7) is 6.37. The third kappa shape index (κ3) is 2.56. The van der Waals surface area contributed by atoms with E-state index in [1.807, 2.05) is 0 Å². The van der Waals surface area contributed by atoms with Gasteiger partial charge in [-0.1, -0.05) is 42.8 Å². The lowest BCUT2D eigenvalue weighted by atomic mass is 10.7. The summed E-state index contributed by atoms with van der Waals surface area (Å²) in [5.41, 5.74) is 0. The summed E-state index contributed by atoms with van der Waals surface area (Å²) >= 11 is 17.5. The van der Waals surface area contributed by atoms with Gasteiger partial charge in [-0.05, 0) is 11.6 Å². The van der Waals surface area contributed by atoms with Gasteiger partial charge in [0.2, 0.25) is 5.28 Å². The van der Waals surface area contributed by atoms with Gasteiger partial charge in [-0.2, -0.15) is 0 Å². The van der Waals surface area contributed by atoms with Crippen LogP contribution in [0.15, 0.2) is 0 Å². The number of rotatable bonds is 1. The highest BCUT2D eigenvalue weighted by Crippen LogP contribution is 2.18. The maximum Gasteiger partial charge on any atom is 0.225 e. The van der Waals surface area contributed by atoms with E-state index in [1.165, 1.54) is 0 Å². The second-order valence-electron chi connectivity index (χ2n) is 3.70. The third-order valence-corrected chi connectivity index (χ3v) is 4.55. The second kappa shape index (κ2) is 3.73. The molecule has 1 aromatic heterocycles. The van der Waals surface area contributed by atoms with Crippen molar-refractivity contribution in [2.75, 3.05) is 0 Å². The molecule has 6 heteroatoms. The lowest BCUT2D eigenvalue weighted by Gasteiger charge is -2.18. The monoisotopic (exact) mass is 254 g/mol. The Balaban J connectivity index is 3.38. The predicted octanol–water partition coefficient (Wildman–Crippen LogP) is 2.98. The Kier molecular flexibility index (Phi) is 3.23. The lowest BCUT2D eigenvalue weighted by Crippen LogP contribution is -2.40. The Bertz CT molecular complexity index is 312. The minimum atomic E-state index is -1.59. The molecule has 0 aliphatic heterocycles. The Morgan fingerprint density at radius 1 is 0.923 bits per heavy atom. The lowest BCUT2D eigenvalue weighted by molar-refractivity contribution is 1.18. The van der Waals surface area contributed by atoms with Crippen LogP contribution >= 0.6 is 34.8 Å². The summed E-state index contributed by atoms with van der Waals surface area (Å²) in [5.74, 6) is 0. The van der Waals surface area contributed by atoms with E-state index >= 15 is 0 Å². The summed E-state index contributed by atoms with van der Waals surface area (Å²) in [7, 11) is -1.59. The molecule has 0 saturated carbocycles. The minimum Gasteiger partial charge on any atom is -0.206 e. The molecule has 0 bridgehead atoms. The van der Waals surface area contributed by atoms with Crippen molar-refractivity contribution < 1.29 is 0 Å². The normalized spacial score (nSPS) is 11.8. The van der Waals surface area contributed by atoms with Crippen LogP contribution < -0.4 is 5.19 Å². The number of hydrogen-bond acceptors (Lipinski definition) is 2. The van der Waals surface area contributed by atoms with E-state index in [2.05, 4.69) is 29.6 Å². The average Bonchev–Trinajstić information content (AvgIpc) is 1.78. The van der Waals surface area contributed by atoms with Crippen molar-refractivity contribution in [1.82, 2.24) is 9.97 Å². The maximum absolute atomic E-state index is 5.93. The minimum absolute atomic E-state index is 0.0944. The highest BCUT2D eigenvalue weighted by atomic mass is 35.5. The molecule has 0 radical (unpaired) electrons. The SMILES string of the molecule is C[Si](C)(C)c1c(Cl)nc(Cl)nc1Cl. The first kappa shape index (κ1) is 11.2. The van der Waals surface area contributed by atoms with Crippen LogP contribution in [0.25, 0.3) is 0 Å². The Labute approximate surface area is 93.3 Å². The van der Waals surface area contributed by atoms with Gasteiger partial charge < -0.3 is 0 Å². The molecule has 2 nitrogen and oxygen atoms in total. The highest BCUT2D eigenvalue weighted by Gasteiger charge is 2.25. The van der Waals surface area contributed by atoms with Crippen molar-refractivity contribution in [2.24, 2.45) is 0 Å². The predicted molar refractivity (Wildman–Crippen MR) is 60.0 cm³/mol. The van der Waals surface area contributed by atoms with Crippen molar-refractivity contribution in [3.63, 3.8) is 0 Å². The summed E-state index contributed by atoms with van der Waals surface area (Å²) in [6, 6.07) is 0. The Morgan fingerprint density at radius 2 is 1.31 bits per heavy atom. The first-order chi connectivity index (χ1) is 5.82. The van der Waals surface area contributed by atoms with Crippen molar-refractivity contribution in [2.45, 2.75) is 19.6 Å². The fraction of sp³-hybridized carbons (Fsp3) is 0.429. The second-order valence-corrected chi connectivity index (χ2v) is 9.75. The van der Waals surface area contributed by atoms with Crippen LogP contribution in [0.3, 0.4) is 0 Å². The smallest absolute Gasteiger partial charge is 0.206 e. The van der Waals surface area contributed by atoms with Crippen molar-refractivity contribution in [1.29, 1.82) is 0 Å². The van der Waals surface area contributed by atoms with E-state index < -0.39 is 8.07 Å². The molecule has 13 heavy (non-hydrogen) atoms. The molecular formula is C7H9Cl3N2Si. The fourth-order valence-electron chi connectivity index (χ4n) is 1.00. The van der Waals surface area contributed by atoms with Crippen molar-refractivity contribution in [3.05, 3.63) is 15.6 Å². The zero-order valence-electron chi connectivity index (χ0n) is 7.53. The van der Waals surface area contributed by atoms with E-state index in [-0.39, 0.29) is 5.28 Å². The molecule has 0 atom stereocenters. The molecule has 0 aromatic carbocycles. The zero-order chi connectivity index (χ0) is 10.2. The molecule has 1 heterocycles. The van der Waals surface area contributed by atoms with Crippen LogP contribution in [0, 0.1) is 0 Å². The Morgan fingerprint density at radius 3 is 1.62 bits per heavy atom. The van der Waals surface area contributed by atoms with Gasteiger partial charge in [0.1, 0.15) is 10.3 Å². The van der Waals surface area contributed by atoms with Gasteiger partial charge in [0.25, 0.3) is 0 Å². The summed E-state index contributed by atoms with van der Waals surface area (Å²) in [5, 5.41) is 1.71. The molecule has 0 aliphatic rings. The zero-order valence-corrected chi connectivity index (χ0v) is 10.8. The van der Waals surface area contributed by atoms with Gasteiger partial charge in [0.15, 0.2) is 0 Å². The molecule has 0 unspecified atom stereocenters. The summed E-state index contributed by atoms with van der Waals surface area (Å²) in [4.78, 5) is 7.74. The van der Waals surface area contributed by atoms with Crippen LogP contribution in [0.2, 0.25) is 35.2 Å². The first-order valence-electron chi connectivity index (χ1n) is 3.71. The topological polar surface area (TPSA) is 25.8 Å². The molecule has 1 aromatic rings. The largest absolute Gasteiger partial charge is 0.225 e. The van der Waals surface area contributed by atoms with Gasteiger partial charge in [0, 0.05) is 5.19 Å². The quantitative estimate of drug-likeness (QED) is 0.438. The Hall–Kier alpha value is 0.167. The van der Waals surface area contributed by atoms with Crippen molar-refractivity contribution in [3.8, 4) is 0 Å². The van der Waals surface area contributed by atoms with E-state index in [9.17, 15) is 0 Å². The molecule has 0 aliphatic carbocycles. The number of aromatic nitrogens is 2.